The smallest absolute Gasteiger partial charge is 0.243 e. The van der Waals surface area contributed by atoms with E-state index in [1.54, 1.807) is 16.2 Å². The number of carbonyl (C=O) groups excluding carboxylic acids is 2. The van der Waals surface area contributed by atoms with Crippen LogP contribution in [0.25, 0.3) is 10.4 Å². The van der Waals surface area contributed by atoms with Crippen LogP contribution in [0.5, 0.6) is 0 Å². The van der Waals surface area contributed by atoms with Gasteiger partial charge in [-0.1, -0.05) is 24.3 Å². The molecule has 9 heteroatoms. The lowest BCUT2D eigenvalue weighted by Crippen LogP contribution is -2.47. The molecule has 3 heterocycles. The average molecular weight is 477 g/mol. The number of carbonyl (C=O) groups is 2. The summed E-state index contributed by atoms with van der Waals surface area (Å²) in [6.45, 7) is 4.30. The highest BCUT2D eigenvalue weighted by Gasteiger charge is 2.32. The Labute approximate surface area is 197 Å². The van der Waals surface area contributed by atoms with E-state index in [1.165, 1.54) is 0 Å². The molecule has 2 aliphatic heterocycles. The molecule has 0 radical (unpaired) electrons. The summed E-state index contributed by atoms with van der Waals surface area (Å²) < 4.78 is 26.1. The first-order valence-electron chi connectivity index (χ1n) is 11.5. The molecule has 0 aliphatic carbocycles. The first kappa shape index (κ1) is 23.8. The van der Waals surface area contributed by atoms with E-state index in [2.05, 4.69) is 15.2 Å². The Kier molecular flexibility index (Phi) is 7.70. The van der Waals surface area contributed by atoms with Gasteiger partial charge in [0.05, 0.1) is 22.1 Å². The number of alkyl halides is 2. The highest BCUT2D eigenvalue weighted by Crippen LogP contribution is 2.30. The van der Waals surface area contributed by atoms with Crippen LogP contribution >= 0.6 is 11.3 Å². The van der Waals surface area contributed by atoms with E-state index in [9.17, 15) is 18.4 Å². The van der Waals surface area contributed by atoms with Crippen molar-refractivity contribution in [2.24, 2.45) is 5.92 Å². The van der Waals surface area contributed by atoms with Crippen molar-refractivity contribution >= 4 is 23.7 Å². The standard InChI is InChI=1S/C24H30F2N4O2S/c1-16-22(33-14-27-16)18-6-4-17(5-7-18)20(13-29-11-8-19(9-12-29)23(25)26)28-24(32)21-3-2-10-30(21)15-31/h4-7,14-15,19-21,23H,2-3,8-13H2,1H3,(H,28,32). The minimum Gasteiger partial charge on any atom is -0.346 e. The molecule has 1 aromatic carbocycles. The molecule has 6 nitrogen and oxygen atoms in total. The monoisotopic (exact) mass is 476 g/mol. The van der Waals surface area contributed by atoms with Crippen molar-refractivity contribution in [3.8, 4) is 10.4 Å². The van der Waals surface area contributed by atoms with Gasteiger partial charge in [0.15, 0.2) is 0 Å². The van der Waals surface area contributed by atoms with Gasteiger partial charge in [0.2, 0.25) is 18.7 Å². The van der Waals surface area contributed by atoms with Crippen LogP contribution in [0.4, 0.5) is 8.78 Å². The molecule has 1 aromatic heterocycles. The van der Waals surface area contributed by atoms with Crippen LogP contribution < -0.4 is 5.32 Å². The van der Waals surface area contributed by atoms with E-state index in [0.717, 1.165) is 34.5 Å². The molecule has 2 aromatic rings. The van der Waals surface area contributed by atoms with Gasteiger partial charge in [-0.2, -0.15) is 0 Å². The summed E-state index contributed by atoms with van der Waals surface area (Å²) in [5.41, 5.74) is 4.84. The number of nitrogens with one attached hydrogen (secondary N) is 1. The molecular weight excluding hydrogens is 446 g/mol. The van der Waals surface area contributed by atoms with Gasteiger partial charge in [-0.3, -0.25) is 9.59 Å². The second-order valence-electron chi connectivity index (χ2n) is 8.92. The predicted molar refractivity (Wildman–Crippen MR) is 124 cm³/mol. The Bertz CT molecular complexity index is 944. The molecular formula is C24H30F2N4O2S. The molecule has 4 rings (SSSR count). The van der Waals surface area contributed by atoms with Crippen molar-refractivity contribution in [1.29, 1.82) is 0 Å². The molecule has 178 valence electrons. The fraction of sp³-hybridized carbons (Fsp3) is 0.542. The summed E-state index contributed by atoms with van der Waals surface area (Å²) in [7, 11) is 0. The molecule has 0 bridgehead atoms. The number of amides is 2. The van der Waals surface area contributed by atoms with Crippen LogP contribution in [0.1, 0.15) is 43.0 Å². The van der Waals surface area contributed by atoms with Crippen molar-refractivity contribution < 1.29 is 18.4 Å². The number of rotatable bonds is 8. The van der Waals surface area contributed by atoms with Crippen LogP contribution in [0.2, 0.25) is 0 Å². The highest BCUT2D eigenvalue weighted by molar-refractivity contribution is 7.13. The lowest BCUT2D eigenvalue weighted by Gasteiger charge is -2.35. The maximum atomic E-state index is 13.1. The van der Waals surface area contributed by atoms with Crippen LogP contribution in [0.3, 0.4) is 0 Å². The van der Waals surface area contributed by atoms with Crippen LogP contribution in [0.15, 0.2) is 29.8 Å². The SMILES string of the molecule is Cc1ncsc1-c1ccc(C(CN2CCC(C(F)F)CC2)NC(=O)C2CCCN2C=O)cc1. The third-order valence-electron chi connectivity index (χ3n) is 6.80. The molecule has 2 aliphatic rings. The van der Waals surface area contributed by atoms with Gasteiger partial charge in [-0.15, -0.1) is 11.3 Å². The molecule has 2 unspecified atom stereocenters. The largest absolute Gasteiger partial charge is 0.346 e. The second-order valence-corrected chi connectivity index (χ2v) is 9.78. The minimum atomic E-state index is -2.28. The van der Waals surface area contributed by atoms with E-state index in [1.807, 2.05) is 36.7 Å². The topological polar surface area (TPSA) is 65.5 Å². The number of halogens is 2. The zero-order chi connectivity index (χ0) is 23.4. The van der Waals surface area contributed by atoms with Gasteiger partial charge < -0.3 is 15.1 Å². The normalized spacial score (nSPS) is 20.8. The highest BCUT2D eigenvalue weighted by atomic mass is 32.1. The molecule has 2 amide bonds. The molecule has 0 spiro atoms. The summed E-state index contributed by atoms with van der Waals surface area (Å²) in [5.74, 6) is -0.703. The second kappa shape index (κ2) is 10.7. The molecule has 2 saturated heterocycles. The zero-order valence-electron chi connectivity index (χ0n) is 18.8. The lowest BCUT2D eigenvalue weighted by atomic mass is 9.96. The zero-order valence-corrected chi connectivity index (χ0v) is 19.6. The fourth-order valence-electron chi connectivity index (χ4n) is 4.79. The Morgan fingerprint density at radius 1 is 1.21 bits per heavy atom. The Morgan fingerprint density at radius 3 is 2.55 bits per heavy atom. The van der Waals surface area contributed by atoms with E-state index in [4.69, 9.17) is 0 Å². The van der Waals surface area contributed by atoms with Crippen molar-refractivity contribution in [3.63, 3.8) is 0 Å². The average Bonchev–Trinajstić information content (AvgIpc) is 3.48. The van der Waals surface area contributed by atoms with Gasteiger partial charge in [-0.25, -0.2) is 13.8 Å². The maximum absolute atomic E-state index is 13.1. The number of piperidine rings is 1. The van der Waals surface area contributed by atoms with Gasteiger partial charge in [0, 0.05) is 19.0 Å². The number of hydrogen-bond acceptors (Lipinski definition) is 5. The number of thiazole rings is 1. The molecule has 0 saturated carbocycles. The summed E-state index contributed by atoms with van der Waals surface area (Å²) in [6, 6.07) is 7.35. The first-order chi connectivity index (χ1) is 16.0. The summed E-state index contributed by atoms with van der Waals surface area (Å²) in [4.78, 5) is 33.5. The van der Waals surface area contributed by atoms with Crippen molar-refractivity contribution in [2.75, 3.05) is 26.2 Å². The van der Waals surface area contributed by atoms with Crippen LogP contribution in [0, 0.1) is 12.8 Å². The summed E-state index contributed by atoms with van der Waals surface area (Å²) >= 11 is 1.59. The molecule has 33 heavy (non-hydrogen) atoms. The quantitative estimate of drug-likeness (QED) is 0.588. The van der Waals surface area contributed by atoms with Gasteiger partial charge in [-0.05, 0) is 56.8 Å². The Balaban J connectivity index is 1.50. The number of likely N-dealkylation sites (tertiary alicyclic amines) is 2. The number of benzene rings is 1. The Morgan fingerprint density at radius 2 is 1.94 bits per heavy atom. The van der Waals surface area contributed by atoms with Crippen molar-refractivity contribution in [2.45, 2.75) is 51.1 Å². The van der Waals surface area contributed by atoms with E-state index < -0.39 is 18.4 Å². The number of nitrogens with zero attached hydrogens (tertiary/aromatic N) is 3. The van der Waals surface area contributed by atoms with Crippen molar-refractivity contribution in [3.05, 3.63) is 41.0 Å². The fourth-order valence-corrected chi connectivity index (χ4v) is 5.60. The summed E-state index contributed by atoms with van der Waals surface area (Å²) in [5, 5.41) is 3.15. The third-order valence-corrected chi connectivity index (χ3v) is 7.78. The number of aryl methyl sites for hydroxylation is 1. The van der Waals surface area contributed by atoms with Gasteiger partial charge in [0.25, 0.3) is 0 Å². The minimum absolute atomic E-state index is 0.158. The molecule has 2 atom stereocenters. The van der Waals surface area contributed by atoms with Gasteiger partial charge in [0.1, 0.15) is 6.04 Å². The molecule has 1 N–H and O–H groups in total. The van der Waals surface area contributed by atoms with E-state index in [-0.39, 0.29) is 11.9 Å². The van der Waals surface area contributed by atoms with Crippen LogP contribution in [-0.4, -0.2) is 65.7 Å². The first-order valence-corrected chi connectivity index (χ1v) is 12.4. The molecule has 2 fully saturated rings. The van der Waals surface area contributed by atoms with Crippen LogP contribution in [-0.2, 0) is 9.59 Å². The predicted octanol–water partition coefficient (Wildman–Crippen LogP) is 3.87. The third kappa shape index (κ3) is 5.58. The summed E-state index contributed by atoms with van der Waals surface area (Å²) in [6.07, 6.45) is 0.856. The van der Waals surface area contributed by atoms with Crippen molar-refractivity contribution in [1.82, 2.24) is 20.1 Å². The maximum Gasteiger partial charge on any atom is 0.243 e. The Hall–Kier alpha value is -2.39. The number of hydrogen-bond donors (Lipinski definition) is 1. The van der Waals surface area contributed by atoms with E-state index >= 15 is 0 Å². The van der Waals surface area contributed by atoms with E-state index in [0.29, 0.717) is 45.4 Å². The number of aromatic nitrogens is 1. The van der Waals surface area contributed by atoms with Gasteiger partial charge >= 0.3 is 0 Å². The lowest BCUT2D eigenvalue weighted by molar-refractivity contribution is -0.131.